The molecule has 0 unspecified atom stereocenters. The molecule has 0 aliphatic heterocycles. The van der Waals surface area contributed by atoms with Crippen molar-refractivity contribution in [3.63, 3.8) is 0 Å². The quantitative estimate of drug-likeness (QED) is 0.437. The van der Waals surface area contributed by atoms with Gasteiger partial charge in [-0.15, -0.1) is 13.2 Å². The molecule has 0 bridgehead atoms. The molecule has 0 saturated carbocycles. The lowest BCUT2D eigenvalue weighted by molar-refractivity contribution is -0.301. The molecule has 0 aliphatic rings. The third-order valence-corrected chi connectivity index (χ3v) is 0.520. The first-order valence-electron chi connectivity index (χ1n) is 2.32. The van der Waals surface area contributed by atoms with Crippen LogP contribution < -0.4 is 0 Å². The van der Waals surface area contributed by atoms with Gasteiger partial charge in [0.2, 0.25) is 0 Å². The van der Waals surface area contributed by atoms with Gasteiger partial charge in [0.1, 0.15) is 5.76 Å². The van der Waals surface area contributed by atoms with Gasteiger partial charge in [0, 0.05) is 7.05 Å². The zero-order valence-corrected chi connectivity index (χ0v) is 5.27. The minimum atomic E-state index is -4.67. The summed E-state index contributed by atoms with van der Waals surface area (Å²) in [4.78, 5) is 3.27. The predicted molar refractivity (Wildman–Crippen MR) is 30.7 cm³/mol. The van der Waals surface area contributed by atoms with E-state index in [1.54, 1.807) is 0 Å². The van der Waals surface area contributed by atoms with E-state index < -0.39 is 12.1 Å². The molecule has 0 fully saturated rings. The minimum Gasteiger partial charge on any atom is -0.405 e. The van der Waals surface area contributed by atoms with Crippen molar-refractivity contribution in [1.82, 2.24) is 0 Å². The maximum Gasteiger partial charge on any atom is 0.573 e. The van der Waals surface area contributed by atoms with E-state index in [0.717, 1.165) is 6.21 Å². The van der Waals surface area contributed by atoms with Crippen LogP contribution in [0.4, 0.5) is 13.2 Å². The number of rotatable bonds is 2. The Kier molecular flexibility index (Phi) is 2.92. The van der Waals surface area contributed by atoms with E-state index in [1.807, 2.05) is 0 Å². The molecule has 2 nitrogen and oxygen atoms in total. The molecule has 0 N–H and O–H groups in total. The number of alkyl halides is 3. The van der Waals surface area contributed by atoms with Crippen LogP contribution in [0, 0.1) is 0 Å². The fourth-order valence-corrected chi connectivity index (χ4v) is 0.319. The molecule has 0 aromatic heterocycles. The van der Waals surface area contributed by atoms with Crippen molar-refractivity contribution in [3.05, 3.63) is 12.3 Å². The lowest BCUT2D eigenvalue weighted by Gasteiger charge is -2.06. The average Bonchev–Trinajstić information content (AvgIpc) is 1.59. The molecule has 0 aromatic rings. The smallest absolute Gasteiger partial charge is 0.405 e. The van der Waals surface area contributed by atoms with Crippen LogP contribution >= 0.6 is 0 Å². The molecule has 5 heteroatoms. The third-order valence-electron chi connectivity index (χ3n) is 0.520. The van der Waals surface area contributed by atoms with Gasteiger partial charge in [-0.3, -0.25) is 4.99 Å². The molecule has 0 rings (SSSR count). The van der Waals surface area contributed by atoms with Crippen LogP contribution in [0.25, 0.3) is 0 Å². The molecule has 0 saturated heterocycles. The topological polar surface area (TPSA) is 21.6 Å². The number of hydrogen-bond acceptors (Lipinski definition) is 2. The summed E-state index contributed by atoms with van der Waals surface area (Å²) in [6.45, 7) is 2.94. The second-order valence-electron chi connectivity index (χ2n) is 1.40. The Hall–Kier alpha value is -1.00. The van der Waals surface area contributed by atoms with Crippen molar-refractivity contribution in [1.29, 1.82) is 0 Å². The highest BCUT2D eigenvalue weighted by atomic mass is 19.4. The van der Waals surface area contributed by atoms with E-state index in [1.165, 1.54) is 7.05 Å². The van der Waals surface area contributed by atoms with Gasteiger partial charge in [-0.2, -0.15) is 0 Å². The van der Waals surface area contributed by atoms with Crippen LogP contribution in [0.1, 0.15) is 0 Å². The van der Waals surface area contributed by atoms with Gasteiger partial charge >= 0.3 is 6.36 Å². The van der Waals surface area contributed by atoms with Crippen molar-refractivity contribution in [2.75, 3.05) is 7.05 Å². The standard InChI is InChI=1S/C5H6F3NO/c1-4(3-9-2)10-5(6,7)8/h3H,1H2,2H3/b9-3-. The minimum absolute atomic E-state index is 0.519. The number of nitrogens with zero attached hydrogens (tertiary/aromatic N) is 1. The summed E-state index contributed by atoms with van der Waals surface area (Å²) in [5.41, 5.74) is 0. The monoisotopic (exact) mass is 153 g/mol. The fraction of sp³-hybridized carbons (Fsp3) is 0.400. The first-order chi connectivity index (χ1) is 4.45. The molecule has 58 valence electrons. The van der Waals surface area contributed by atoms with Crippen LogP contribution in [0.5, 0.6) is 0 Å². The Morgan fingerprint density at radius 1 is 1.60 bits per heavy atom. The number of aliphatic imine (C=N–C) groups is 1. The van der Waals surface area contributed by atoms with E-state index in [9.17, 15) is 13.2 Å². The van der Waals surface area contributed by atoms with Gasteiger partial charge in [-0.05, 0) is 0 Å². The Balaban J connectivity index is 3.81. The Morgan fingerprint density at radius 3 is 2.40 bits per heavy atom. The highest BCUT2D eigenvalue weighted by molar-refractivity contribution is 5.74. The lowest BCUT2D eigenvalue weighted by Crippen LogP contribution is -2.12. The third kappa shape index (κ3) is 5.14. The van der Waals surface area contributed by atoms with Crippen LogP contribution in [0.15, 0.2) is 17.3 Å². The van der Waals surface area contributed by atoms with E-state index in [0.29, 0.717) is 0 Å². The molecule has 0 amide bonds. The van der Waals surface area contributed by atoms with Gasteiger partial charge in [0.05, 0.1) is 6.21 Å². The van der Waals surface area contributed by atoms with Crippen LogP contribution in [-0.2, 0) is 4.74 Å². The summed E-state index contributed by atoms with van der Waals surface area (Å²) in [5.74, 6) is -0.519. The van der Waals surface area contributed by atoms with Crippen molar-refractivity contribution in [3.8, 4) is 0 Å². The van der Waals surface area contributed by atoms with E-state index in [-0.39, 0.29) is 0 Å². The van der Waals surface area contributed by atoms with E-state index >= 15 is 0 Å². The van der Waals surface area contributed by atoms with E-state index in [2.05, 4.69) is 16.3 Å². The Bertz CT molecular complexity index is 149. The summed E-state index contributed by atoms with van der Waals surface area (Å²) >= 11 is 0. The van der Waals surface area contributed by atoms with Crippen molar-refractivity contribution in [2.45, 2.75) is 6.36 Å². The Morgan fingerprint density at radius 2 is 2.10 bits per heavy atom. The zero-order valence-electron chi connectivity index (χ0n) is 5.27. The number of ether oxygens (including phenoxy) is 1. The summed E-state index contributed by atoms with van der Waals surface area (Å²) < 4.78 is 37.2. The van der Waals surface area contributed by atoms with Gasteiger partial charge in [-0.25, -0.2) is 0 Å². The summed E-state index contributed by atoms with van der Waals surface area (Å²) in [6, 6.07) is 0. The van der Waals surface area contributed by atoms with Crippen molar-refractivity contribution >= 4 is 6.21 Å². The molecule has 0 aliphatic carbocycles. The molecular weight excluding hydrogens is 147 g/mol. The summed E-state index contributed by atoms with van der Waals surface area (Å²) in [6.07, 6.45) is -3.79. The first-order valence-corrected chi connectivity index (χ1v) is 2.32. The predicted octanol–water partition coefficient (Wildman–Crippen LogP) is 1.74. The van der Waals surface area contributed by atoms with Gasteiger partial charge < -0.3 is 4.74 Å². The van der Waals surface area contributed by atoms with Crippen LogP contribution in [-0.4, -0.2) is 19.6 Å². The second kappa shape index (κ2) is 3.24. The molecule has 0 heterocycles. The molecular formula is C5H6F3NO. The maximum absolute atomic E-state index is 11.3. The molecule has 0 spiro atoms. The molecule has 0 aromatic carbocycles. The number of halogens is 3. The highest BCUT2D eigenvalue weighted by Gasteiger charge is 2.30. The highest BCUT2D eigenvalue weighted by Crippen LogP contribution is 2.18. The van der Waals surface area contributed by atoms with E-state index in [4.69, 9.17) is 0 Å². The number of allylic oxidation sites excluding steroid dienone is 1. The van der Waals surface area contributed by atoms with Crippen LogP contribution in [0.3, 0.4) is 0 Å². The number of hydrogen-bond donors (Lipinski definition) is 0. The first kappa shape index (κ1) is 9.00. The summed E-state index contributed by atoms with van der Waals surface area (Å²) in [7, 11) is 1.32. The normalized spacial score (nSPS) is 12.0. The largest absolute Gasteiger partial charge is 0.573 e. The average molecular weight is 153 g/mol. The van der Waals surface area contributed by atoms with Crippen molar-refractivity contribution in [2.24, 2.45) is 4.99 Å². The van der Waals surface area contributed by atoms with Gasteiger partial charge in [0.25, 0.3) is 0 Å². The molecule has 0 atom stereocenters. The lowest BCUT2D eigenvalue weighted by atomic mass is 10.6. The molecule has 10 heavy (non-hydrogen) atoms. The van der Waals surface area contributed by atoms with Gasteiger partial charge in [-0.1, -0.05) is 6.58 Å². The van der Waals surface area contributed by atoms with Gasteiger partial charge in [0.15, 0.2) is 0 Å². The summed E-state index contributed by atoms with van der Waals surface area (Å²) in [5, 5.41) is 0. The fourth-order valence-electron chi connectivity index (χ4n) is 0.319. The van der Waals surface area contributed by atoms with Crippen molar-refractivity contribution < 1.29 is 17.9 Å². The van der Waals surface area contributed by atoms with Crippen LogP contribution in [0.2, 0.25) is 0 Å². The second-order valence-corrected chi connectivity index (χ2v) is 1.40. The molecule has 0 radical (unpaired) electrons. The Labute approximate surface area is 56.0 Å². The zero-order chi connectivity index (χ0) is 8.20. The maximum atomic E-state index is 11.3. The SMILES string of the molecule is C=C(/C=N\C)OC(F)(F)F.